The van der Waals surface area contributed by atoms with E-state index in [2.05, 4.69) is 155 Å². The van der Waals surface area contributed by atoms with E-state index in [0.717, 1.165) is 38.8 Å². The number of thiazole rings is 1. The highest BCUT2D eigenvalue weighted by Gasteiger charge is 2.22. The molecular weight excluding hydrogens is 643 g/mol. The zero-order valence-corrected chi connectivity index (χ0v) is 27.9. The quantitative estimate of drug-likeness (QED) is 0.188. The van der Waals surface area contributed by atoms with Crippen LogP contribution in [0.3, 0.4) is 0 Å². The van der Waals surface area contributed by atoms with Crippen molar-refractivity contribution in [2.75, 3.05) is 0 Å². The largest absolute Gasteiger partial charge is 0.308 e. The Hall–Kier alpha value is -6.63. The molecule has 0 bridgehead atoms. The van der Waals surface area contributed by atoms with Gasteiger partial charge in [0.15, 0.2) is 5.82 Å². The molecule has 0 fully saturated rings. The molecule has 0 aliphatic rings. The second kappa shape index (κ2) is 9.97. The van der Waals surface area contributed by atoms with Crippen molar-refractivity contribution in [3.8, 4) is 28.3 Å². The molecule has 0 saturated carbocycles. The van der Waals surface area contributed by atoms with Crippen LogP contribution in [0.5, 0.6) is 0 Å². The van der Waals surface area contributed by atoms with Gasteiger partial charge in [-0.1, -0.05) is 84.9 Å². The molecule has 0 unspecified atom stereocenters. The molecule has 12 aromatic rings. The van der Waals surface area contributed by atoms with Gasteiger partial charge in [-0.3, -0.25) is 4.57 Å². The number of hydrogen-bond donors (Lipinski definition) is 0. The molecule has 0 spiro atoms. The monoisotopic (exact) mass is 667 g/mol. The summed E-state index contributed by atoms with van der Waals surface area (Å²) in [7, 11) is 0. The molecule has 0 amide bonds. The Morgan fingerprint density at radius 3 is 2.02 bits per heavy atom. The minimum Gasteiger partial charge on any atom is -0.308 e. The van der Waals surface area contributed by atoms with Crippen LogP contribution in [0.2, 0.25) is 0 Å². The molecule has 236 valence electrons. The van der Waals surface area contributed by atoms with Gasteiger partial charge in [0.25, 0.3) is 0 Å². The predicted molar refractivity (Wildman–Crippen MR) is 213 cm³/mol. The molecule has 0 atom stereocenters. The van der Waals surface area contributed by atoms with Crippen molar-refractivity contribution < 1.29 is 0 Å². The minimum atomic E-state index is 0.700. The van der Waals surface area contributed by atoms with Crippen molar-refractivity contribution in [1.82, 2.24) is 23.9 Å². The SMILES string of the molecule is c1ccc(-c2ccc3c(c2)c2ccccc2n3-c2nc(-c3ccc4c(c3)c3cc5ncsc5c5c6ccccc6n4c35)nc3ccccc23)cc1. The fraction of sp³-hybridized carbons (Fsp3) is 0. The van der Waals surface area contributed by atoms with Gasteiger partial charge in [0, 0.05) is 43.3 Å². The molecule has 51 heavy (non-hydrogen) atoms. The van der Waals surface area contributed by atoms with Crippen molar-refractivity contribution in [3.05, 3.63) is 151 Å². The van der Waals surface area contributed by atoms with Crippen LogP contribution in [0, 0.1) is 0 Å². The maximum absolute atomic E-state index is 5.43. The molecule has 0 aliphatic heterocycles. The second-order valence-corrected chi connectivity index (χ2v) is 14.1. The molecule has 12 rings (SSSR count). The molecule has 7 aromatic carbocycles. The summed E-state index contributed by atoms with van der Waals surface area (Å²) in [4.78, 5) is 15.4. The van der Waals surface area contributed by atoms with E-state index in [1.165, 1.54) is 64.7 Å². The first kappa shape index (κ1) is 27.2. The molecule has 5 aromatic heterocycles. The van der Waals surface area contributed by atoms with Crippen LogP contribution in [0.25, 0.3) is 109 Å². The number of benzene rings is 7. The molecular formula is C45H25N5S. The number of para-hydroxylation sites is 3. The maximum atomic E-state index is 5.43. The molecule has 0 saturated heterocycles. The number of rotatable bonds is 3. The van der Waals surface area contributed by atoms with E-state index in [1.54, 1.807) is 11.3 Å². The van der Waals surface area contributed by atoms with E-state index in [1.807, 2.05) is 5.51 Å². The van der Waals surface area contributed by atoms with Crippen molar-refractivity contribution >= 4 is 92.4 Å². The van der Waals surface area contributed by atoms with Crippen molar-refractivity contribution in [2.45, 2.75) is 0 Å². The average molecular weight is 668 g/mol. The van der Waals surface area contributed by atoms with Gasteiger partial charge in [-0.25, -0.2) is 15.0 Å². The Kier molecular flexibility index (Phi) is 5.32. The zero-order valence-electron chi connectivity index (χ0n) is 27.1. The van der Waals surface area contributed by atoms with Crippen LogP contribution in [-0.4, -0.2) is 23.9 Å². The standard InChI is InChI=1S/C45H25N5S/c1-2-10-26(11-3-1)27-18-20-40-32(22-27)29-12-5-8-16-37(29)50(40)45-30-13-4-7-15-35(30)47-44(48-45)28-19-21-39-33(23-28)34-24-36-43(51-25-46-36)41-31-14-6-9-17-38(31)49(39)42(34)41/h1-25H. The van der Waals surface area contributed by atoms with Gasteiger partial charge in [0.05, 0.1) is 48.8 Å². The van der Waals surface area contributed by atoms with Gasteiger partial charge < -0.3 is 4.40 Å². The predicted octanol–water partition coefficient (Wildman–Crippen LogP) is 11.8. The van der Waals surface area contributed by atoms with Gasteiger partial charge in [0.2, 0.25) is 0 Å². The van der Waals surface area contributed by atoms with Gasteiger partial charge in [-0.15, -0.1) is 11.3 Å². The van der Waals surface area contributed by atoms with E-state index in [9.17, 15) is 0 Å². The lowest BCUT2D eigenvalue weighted by Gasteiger charge is -2.13. The van der Waals surface area contributed by atoms with E-state index in [-0.39, 0.29) is 0 Å². The third kappa shape index (κ3) is 3.66. The molecule has 0 N–H and O–H groups in total. The van der Waals surface area contributed by atoms with Crippen molar-refractivity contribution in [2.24, 2.45) is 0 Å². The van der Waals surface area contributed by atoms with Crippen molar-refractivity contribution in [3.63, 3.8) is 0 Å². The molecule has 6 heteroatoms. The normalized spacial score (nSPS) is 12.3. The summed E-state index contributed by atoms with van der Waals surface area (Å²) >= 11 is 1.72. The highest BCUT2D eigenvalue weighted by Crippen LogP contribution is 2.45. The van der Waals surface area contributed by atoms with Crippen LogP contribution < -0.4 is 0 Å². The fourth-order valence-electron chi connectivity index (χ4n) is 8.39. The summed E-state index contributed by atoms with van der Waals surface area (Å²) in [6.45, 7) is 0. The topological polar surface area (TPSA) is 48.0 Å². The van der Waals surface area contributed by atoms with Crippen LogP contribution in [0.1, 0.15) is 0 Å². The fourth-order valence-corrected chi connectivity index (χ4v) is 9.22. The Balaban J connectivity index is 1.13. The first-order chi connectivity index (χ1) is 25.3. The smallest absolute Gasteiger partial charge is 0.162 e. The number of fused-ring (bicyclic) bond motifs is 12. The van der Waals surface area contributed by atoms with Gasteiger partial charge in [-0.2, -0.15) is 0 Å². The van der Waals surface area contributed by atoms with Crippen LogP contribution in [0.4, 0.5) is 0 Å². The Morgan fingerprint density at radius 2 is 1.12 bits per heavy atom. The Bertz CT molecular complexity index is 3370. The Morgan fingerprint density at radius 1 is 0.451 bits per heavy atom. The lowest BCUT2D eigenvalue weighted by atomic mass is 10.0. The first-order valence-electron chi connectivity index (χ1n) is 17.1. The van der Waals surface area contributed by atoms with Gasteiger partial charge in [-0.05, 0) is 71.8 Å². The highest BCUT2D eigenvalue weighted by molar-refractivity contribution is 7.18. The van der Waals surface area contributed by atoms with E-state index >= 15 is 0 Å². The summed E-state index contributed by atoms with van der Waals surface area (Å²) < 4.78 is 5.98. The molecule has 5 nitrogen and oxygen atoms in total. The first-order valence-corrected chi connectivity index (χ1v) is 18.0. The third-order valence-corrected chi connectivity index (χ3v) is 11.5. The summed E-state index contributed by atoms with van der Waals surface area (Å²) in [5, 5.41) is 8.33. The summed E-state index contributed by atoms with van der Waals surface area (Å²) in [6, 6.07) is 52.0. The highest BCUT2D eigenvalue weighted by atomic mass is 32.1. The number of aromatic nitrogens is 5. The Labute approximate surface area is 294 Å². The second-order valence-electron chi connectivity index (χ2n) is 13.3. The van der Waals surface area contributed by atoms with Crippen LogP contribution in [-0.2, 0) is 0 Å². The molecule has 0 aliphatic carbocycles. The van der Waals surface area contributed by atoms with Crippen LogP contribution >= 0.6 is 11.3 Å². The van der Waals surface area contributed by atoms with Crippen molar-refractivity contribution in [1.29, 1.82) is 0 Å². The van der Waals surface area contributed by atoms with Gasteiger partial charge in [0.1, 0.15) is 5.82 Å². The lowest BCUT2D eigenvalue weighted by Crippen LogP contribution is -2.02. The average Bonchev–Trinajstić information content (AvgIpc) is 3.96. The third-order valence-electron chi connectivity index (χ3n) is 10.6. The van der Waals surface area contributed by atoms with E-state index in [0.29, 0.717) is 5.82 Å². The molecule has 5 heterocycles. The summed E-state index contributed by atoms with van der Waals surface area (Å²) in [5.74, 6) is 1.57. The number of hydrogen-bond acceptors (Lipinski definition) is 4. The van der Waals surface area contributed by atoms with E-state index < -0.39 is 0 Å². The zero-order chi connectivity index (χ0) is 33.2. The minimum absolute atomic E-state index is 0.700. The maximum Gasteiger partial charge on any atom is 0.162 e. The van der Waals surface area contributed by atoms with Crippen LogP contribution in [0.15, 0.2) is 151 Å². The summed E-state index contributed by atoms with van der Waals surface area (Å²) in [5.41, 5.74) is 13.2. The lowest BCUT2D eigenvalue weighted by molar-refractivity contribution is 1.08. The van der Waals surface area contributed by atoms with Gasteiger partial charge >= 0.3 is 0 Å². The van der Waals surface area contributed by atoms with E-state index in [4.69, 9.17) is 15.0 Å². The summed E-state index contributed by atoms with van der Waals surface area (Å²) in [6.07, 6.45) is 0. The number of nitrogens with zero attached hydrogens (tertiary/aromatic N) is 5. The molecule has 0 radical (unpaired) electrons.